The number of benzene rings is 1. The summed E-state index contributed by atoms with van der Waals surface area (Å²) in [6.07, 6.45) is 5.40. The molecule has 1 aromatic carbocycles. The number of nitrogens with zero attached hydrogens (tertiary/aromatic N) is 1. The van der Waals surface area contributed by atoms with Gasteiger partial charge in [0.1, 0.15) is 10.4 Å². The van der Waals surface area contributed by atoms with E-state index in [9.17, 15) is 9.59 Å². The number of thiocarbonyl (C=S) groups is 1. The van der Waals surface area contributed by atoms with Crippen molar-refractivity contribution in [2.75, 3.05) is 7.11 Å². The van der Waals surface area contributed by atoms with Crippen LogP contribution < -0.4 is 0 Å². The minimum absolute atomic E-state index is 0.273. The molecule has 1 amide bonds. The molecular formula is C16H15NO3S2. The van der Waals surface area contributed by atoms with E-state index in [1.807, 2.05) is 36.4 Å². The predicted octanol–water partition coefficient (Wildman–Crippen LogP) is 3.01. The molecule has 0 aliphatic carbocycles. The Bertz CT molecular complexity index is 653. The van der Waals surface area contributed by atoms with Crippen molar-refractivity contribution >= 4 is 46.3 Å². The molecule has 0 spiro atoms. The van der Waals surface area contributed by atoms with Crippen LogP contribution in [0.15, 0.2) is 47.4 Å². The molecule has 22 heavy (non-hydrogen) atoms. The molecule has 6 heteroatoms. The highest BCUT2D eigenvalue weighted by atomic mass is 32.2. The van der Waals surface area contributed by atoms with Crippen molar-refractivity contribution in [3.8, 4) is 0 Å². The Morgan fingerprint density at radius 1 is 1.36 bits per heavy atom. The van der Waals surface area contributed by atoms with Gasteiger partial charge in [-0.05, 0) is 18.6 Å². The first kappa shape index (κ1) is 16.5. The number of allylic oxidation sites excluding steroid dienone is 2. The van der Waals surface area contributed by atoms with Gasteiger partial charge in [0.25, 0.3) is 5.91 Å². The smallest absolute Gasteiger partial charge is 0.328 e. The van der Waals surface area contributed by atoms with Crippen molar-refractivity contribution in [1.29, 1.82) is 0 Å². The Kier molecular flexibility index (Phi) is 5.51. The highest BCUT2D eigenvalue weighted by Crippen LogP contribution is 2.32. The summed E-state index contributed by atoms with van der Waals surface area (Å²) in [5.41, 5.74) is 1.04. The second-order valence-corrected chi connectivity index (χ2v) is 6.22. The summed E-state index contributed by atoms with van der Waals surface area (Å²) in [6.45, 7) is 1.60. The number of thioether (sulfide) groups is 1. The summed E-state index contributed by atoms with van der Waals surface area (Å²) in [4.78, 5) is 25.7. The van der Waals surface area contributed by atoms with Crippen molar-refractivity contribution in [2.45, 2.75) is 13.0 Å². The summed E-state index contributed by atoms with van der Waals surface area (Å²) < 4.78 is 5.02. The van der Waals surface area contributed by atoms with Gasteiger partial charge < -0.3 is 4.74 Å². The quantitative estimate of drug-likeness (QED) is 0.481. The van der Waals surface area contributed by atoms with E-state index < -0.39 is 12.0 Å². The third-order valence-electron chi connectivity index (χ3n) is 3.09. The van der Waals surface area contributed by atoms with Crippen LogP contribution in [0, 0.1) is 0 Å². The second-order valence-electron chi connectivity index (χ2n) is 4.54. The zero-order valence-electron chi connectivity index (χ0n) is 12.2. The van der Waals surface area contributed by atoms with Crippen molar-refractivity contribution in [3.63, 3.8) is 0 Å². The summed E-state index contributed by atoms with van der Waals surface area (Å²) in [7, 11) is 1.29. The Morgan fingerprint density at radius 2 is 2.05 bits per heavy atom. The molecule has 0 bridgehead atoms. The third-order valence-corrected chi connectivity index (χ3v) is 4.44. The van der Waals surface area contributed by atoms with E-state index in [1.54, 1.807) is 19.1 Å². The van der Waals surface area contributed by atoms with Crippen LogP contribution in [0.1, 0.15) is 12.5 Å². The lowest BCUT2D eigenvalue weighted by Gasteiger charge is -2.20. The molecule has 1 unspecified atom stereocenters. The van der Waals surface area contributed by atoms with Crippen LogP contribution in [0.25, 0.3) is 6.08 Å². The Morgan fingerprint density at radius 3 is 2.68 bits per heavy atom. The lowest BCUT2D eigenvalue weighted by atomic mass is 10.2. The van der Waals surface area contributed by atoms with E-state index in [1.165, 1.54) is 23.8 Å². The molecule has 1 heterocycles. The summed E-state index contributed by atoms with van der Waals surface area (Å²) in [5, 5.41) is 0. The third kappa shape index (κ3) is 3.64. The molecule has 1 aromatic rings. The molecular weight excluding hydrogens is 318 g/mol. The highest BCUT2D eigenvalue weighted by molar-refractivity contribution is 8.26. The second kappa shape index (κ2) is 7.38. The van der Waals surface area contributed by atoms with Crippen LogP contribution in [0.3, 0.4) is 0 Å². The van der Waals surface area contributed by atoms with E-state index in [0.29, 0.717) is 9.23 Å². The van der Waals surface area contributed by atoms with Crippen LogP contribution in [0.4, 0.5) is 0 Å². The van der Waals surface area contributed by atoms with E-state index >= 15 is 0 Å². The average molecular weight is 333 g/mol. The fraction of sp³-hybridized carbons (Fsp3) is 0.188. The largest absolute Gasteiger partial charge is 0.467 e. The van der Waals surface area contributed by atoms with Crippen molar-refractivity contribution < 1.29 is 14.3 Å². The van der Waals surface area contributed by atoms with E-state index in [-0.39, 0.29) is 5.91 Å². The number of amides is 1. The average Bonchev–Trinajstić information content (AvgIpc) is 2.81. The molecule has 1 saturated heterocycles. The Balaban J connectivity index is 2.12. The topological polar surface area (TPSA) is 46.6 Å². The molecule has 1 atom stereocenters. The molecule has 1 aliphatic rings. The standard InChI is InChI=1S/C16H15NO3S2/c1-11(15(19)20-2)17-14(18)13(22-16(17)21)10-6-9-12-7-4-3-5-8-12/h3-11H,1-2H3/b9-6+,13-10-. The Hall–Kier alpha value is -1.92. The lowest BCUT2D eigenvalue weighted by Crippen LogP contribution is -2.42. The first-order chi connectivity index (χ1) is 10.5. The highest BCUT2D eigenvalue weighted by Gasteiger charge is 2.38. The van der Waals surface area contributed by atoms with Crippen LogP contribution in [0.5, 0.6) is 0 Å². The number of carbonyl (C=O) groups excluding carboxylic acids is 2. The fourth-order valence-electron chi connectivity index (χ4n) is 1.91. The number of ether oxygens (including phenoxy) is 1. The van der Waals surface area contributed by atoms with Gasteiger partial charge in [0.2, 0.25) is 0 Å². The van der Waals surface area contributed by atoms with Gasteiger partial charge in [0.05, 0.1) is 12.0 Å². The summed E-state index contributed by atoms with van der Waals surface area (Å²) in [5.74, 6) is -0.761. The number of rotatable bonds is 4. The summed E-state index contributed by atoms with van der Waals surface area (Å²) >= 11 is 6.36. The number of esters is 1. The lowest BCUT2D eigenvalue weighted by molar-refractivity contribution is -0.147. The van der Waals surface area contributed by atoms with Crippen LogP contribution in [-0.2, 0) is 14.3 Å². The van der Waals surface area contributed by atoms with Crippen LogP contribution in [0.2, 0.25) is 0 Å². The van der Waals surface area contributed by atoms with E-state index in [0.717, 1.165) is 5.56 Å². The maximum absolute atomic E-state index is 12.3. The van der Waals surface area contributed by atoms with Gasteiger partial charge in [-0.1, -0.05) is 66.5 Å². The molecule has 2 rings (SSSR count). The molecule has 1 fully saturated rings. The number of hydrogen-bond acceptors (Lipinski definition) is 5. The SMILES string of the molecule is COC(=O)C(C)N1C(=O)/C(=C/C=C/c2ccccc2)SC1=S. The molecule has 1 aliphatic heterocycles. The predicted molar refractivity (Wildman–Crippen MR) is 92.1 cm³/mol. The monoisotopic (exact) mass is 333 g/mol. The molecule has 0 aromatic heterocycles. The van der Waals surface area contributed by atoms with Crippen LogP contribution >= 0.6 is 24.0 Å². The van der Waals surface area contributed by atoms with E-state index in [4.69, 9.17) is 12.2 Å². The molecule has 0 radical (unpaired) electrons. The zero-order chi connectivity index (χ0) is 16.1. The number of carbonyl (C=O) groups is 2. The van der Waals surface area contributed by atoms with Gasteiger partial charge in [0.15, 0.2) is 0 Å². The fourth-order valence-corrected chi connectivity index (χ4v) is 3.28. The molecule has 0 N–H and O–H groups in total. The van der Waals surface area contributed by atoms with Crippen molar-refractivity contribution in [3.05, 3.63) is 53.0 Å². The number of methoxy groups -OCH3 is 1. The van der Waals surface area contributed by atoms with Crippen molar-refractivity contribution in [2.24, 2.45) is 0 Å². The van der Waals surface area contributed by atoms with Gasteiger partial charge in [-0.2, -0.15) is 0 Å². The minimum Gasteiger partial charge on any atom is -0.467 e. The maximum Gasteiger partial charge on any atom is 0.328 e. The van der Waals surface area contributed by atoms with Gasteiger partial charge in [0, 0.05) is 0 Å². The van der Waals surface area contributed by atoms with Crippen LogP contribution in [-0.4, -0.2) is 34.2 Å². The first-order valence-corrected chi connectivity index (χ1v) is 7.83. The normalized spacial score (nSPS) is 18.3. The maximum atomic E-state index is 12.3. The van der Waals surface area contributed by atoms with Gasteiger partial charge in [-0.15, -0.1) is 0 Å². The van der Waals surface area contributed by atoms with Gasteiger partial charge >= 0.3 is 5.97 Å². The summed E-state index contributed by atoms with van der Waals surface area (Å²) in [6, 6.07) is 9.04. The van der Waals surface area contributed by atoms with Gasteiger partial charge in [-0.25, -0.2) is 4.79 Å². The van der Waals surface area contributed by atoms with Crippen molar-refractivity contribution in [1.82, 2.24) is 4.90 Å². The van der Waals surface area contributed by atoms with E-state index in [2.05, 4.69) is 4.74 Å². The molecule has 4 nitrogen and oxygen atoms in total. The minimum atomic E-state index is -0.721. The number of hydrogen-bond donors (Lipinski definition) is 0. The Labute approximate surface area is 138 Å². The molecule has 114 valence electrons. The molecule has 0 saturated carbocycles. The first-order valence-electron chi connectivity index (χ1n) is 6.61. The van der Waals surface area contributed by atoms with Gasteiger partial charge in [-0.3, -0.25) is 9.69 Å². The zero-order valence-corrected chi connectivity index (χ0v) is 13.8.